The van der Waals surface area contributed by atoms with Crippen molar-refractivity contribution in [3.63, 3.8) is 0 Å². The lowest BCUT2D eigenvalue weighted by molar-refractivity contribution is 0.660. The molecule has 0 bridgehead atoms. The summed E-state index contributed by atoms with van der Waals surface area (Å²) in [6, 6.07) is 92.7. The fourth-order valence-electron chi connectivity index (χ4n) is 13.0. The van der Waals surface area contributed by atoms with E-state index in [0.29, 0.717) is 0 Å². The van der Waals surface area contributed by atoms with E-state index in [1.165, 1.54) is 86.5 Å². The van der Waals surface area contributed by atoms with E-state index in [9.17, 15) is 0 Å². The third kappa shape index (κ3) is 6.67. The quantitative estimate of drug-likeness (QED) is 0.150. The van der Waals surface area contributed by atoms with Crippen molar-refractivity contribution in [2.75, 3.05) is 9.80 Å². The highest BCUT2D eigenvalue weighted by Crippen LogP contribution is 2.54. The van der Waals surface area contributed by atoms with Crippen LogP contribution in [-0.2, 0) is 10.8 Å². The topological polar surface area (TPSA) is 11.4 Å². The Labute approximate surface area is 447 Å². The normalized spacial score (nSPS) is 13.7. The third-order valence-electron chi connectivity index (χ3n) is 16.7. The molecule has 0 amide bonds. The number of rotatable bonds is 8. The molecular formula is C72H53N3S. The van der Waals surface area contributed by atoms with Gasteiger partial charge in [0.1, 0.15) is 0 Å². The molecule has 0 radical (unpaired) electrons. The zero-order valence-electron chi connectivity index (χ0n) is 42.9. The van der Waals surface area contributed by atoms with Crippen molar-refractivity contribution in [1.29, 1.82) is 0 Å². The summed E-state index contributed by atoms with van der Waals surface area (Å²) in [5, 5.41) is 5.16. The van der Waals surface area contributed by atoms with Crippen LogP contribution in [0.5, 0.6) is 0 Å². The van der Waals surface area contributed by atoms with Crippen molar-refractivity contribution in [3.8, 4) is 39.1 Å². The summed E-state index contributed by atoms with van der Waals surface area (Å²) in [7, 11) is 0. The first kappa shape index (κ1) is 44.5. The van der Waals surface area contributed by atoms with E-state index >= 15 is 0 Å². The second-order valence-corrected chi connectivity index (χ2v) is 22.8. The smallest absolute Gasteiger partial charge is 0.0555 e. The van der Waals surface area contributed by atoms with Gasteiger partial charge in [0, 0.05) is 81.6 Å². The van der Waals surface area contributed by atoms with Crippen LogP contribution in [0, 0.1) is 0 Å². The van der Waals surface area contributed by atoms with Gasteiger partial charge in [0.25, 0.3) is 0 Å². The van der Waals surface area contributed by atoms with Gasteiger partial charge >= 0.3 is 0 Å². The first-order valence-electron chi connectivity index (χ1n) is 26.5. The summed E-state index contributed by atoms with van der Waals surface area (Å²) in [6.45, 7) is 9.49. The SMILES string of the molecule is CC1(C)c2ccccc2-c2ccc(N(c3ccccc3)c3cc(-c4ccc5c6c7sc8ccccc8c7ccc6n(-c6ccccc6)c5c4)cc(N(c4ccccc4)c4ccc5c(c4)C(C)(C)c4ccccc4-5)c3)cc21. The Hall–Kier alpha value is -8.96. The average molecular weight is 992 g/mol. The van der Waals surface area contributed by atoms with Crippen LogP contribution in [0.1, 0.15) is 49.9 Å². The predicted molar refractivity (Wildman–Crippen MR) is 324 cm³/mol. The number of para-hydroxylation sites is 3. The van der Waals surface area contributed by atoms with Crippen LogP contribution in [0.4, 0.5) is 34.1 Å². The lowest BCUT2D eigenvalue weighted by atomic mass is 9.82. The summed E-state index contributed by atoms with van der Waals surface area (Å²) in [6.07, 6.45) is 0. The lowest BCUT2D eigenvalue weighted by Gasteiger charge is -2.32. The molecule has 0 unspecified atom stereocenters. The maximum atomic E-state index is 2.48. The summed E-state index contributed by atoms with van der Waals surface area (Å²) in [4.78, 5) is 4.94. The molecule has 4 heteroatoms. The molecule has 2 aliphatic carbocycles. The Bertz CT molecular complexity index is 4300. The Morgan fingerprint density at radius 1 is 0.329 bits per heavy atom. The number of nitrogens with zero attached hydrogens (tertiary/aromatic N) is 3. The van der Waals surface area contributed by atoms with Crippen LogP contribution >= 0.6 is 11.3 Å². The van der Waals surface area contributed by atoms with Crippen LogP contribution in [0.15, 0.2) is 249 Å². The summed E-state index contributed by atoms with van der Waals surface area (Å²) >= 11 is 1.90. The van der Waals surface area contributed by atoms with Gasteiger partial charge in [-0.2, -0.15) is 0 Å². The minimum Gasteiger partial charge on any atom is -0.310 e. The van der Waals surface area contributed by atoms with Gasteiger partial charge in [0.15, 0.2) is 0 Å². The molecule has 3 nitrogen and oxygen atoms in total. The Morgan fingerprint density at radius 2 is 0.829 bits per heavy atom. The largest absolute Gasteiger partial charge is 0.310 e. The zero-order chi connectivity index (χ0) is 50.9. The minimum atomic E-state index is -0.170. The number of hydrogen-bond donors (Lipinski definition) is 0. The number of hydrogen-bond acceptors (Lipinski definition) is 3. The number of fused-ring (bicyclic) bond motifs is 13. The molecule has 0 fully saturated rings. The van der Waals surface area contributed by atoms with Gasteiger partial charge in [-0.05, 0) is 153 Å². The van der Waals surface area contributed by atoms with Gasteiger partial charge in [0.05, 0.1) is 11.0 Å². The highest BCUT2D eigenvalue weighted by molar-refractivity contribution is 7.26. The molecule has 0 N–H and O–H groups in total. The zero-order valence-corrected chi connectivity index (χ0v) is 43.7. The van der Waals surface area contributed by atoms with Crippen molar-refractivity contribution < 1.29 is 0 Å². The second-order valence-electron chi connectivity index (χ2n) is 21.7. The van der Waals surface area contributed by atoms with Crippen LogP contribution < -0.4 is 9.80 Å². The monoisotopic (exact) mass is 991 g/mol. The predicted octanol–water partition coefficient (Wildman–Crippen LogP) is 20.4. The Balaban J connectivity index is 0.997. The number of thiophene rings is 1. The molecule has 2 aliphatic rings. The molecule has 2 aromatic heterocycles. The maximum absolute atomic E-state index is 2.48. The number of anilines is 6. The van der Waals surface area contributed by atoms with Gasteiger partial charge in [-0.1, -0.05) is 179 Å². The highest BCUT2D eigenvalue weighted by atomic mass is 32.1. The van der Waals surface area contributed by atoms with Crippen molar-refractivity contribution in [2.45, 2.75) is 38.5 Å². The molecule has 2 heterocycles. The Kier molecular flexibility index (Phi) is 9.83. The molecule has 0 atom stereocenters. The molecule has 0 saturated heterocycles. The first-order chi connectivity index (χ1) is 37.2. The minimum absolute atomic E-state index is 0.170. The van der Waals surface area contributed by atoms with E-state index in [1.807, 2.05) is 11.3 Å². The number of benzene rings is 11. The van der Waals surface area contributed by atoms with E-state index < -0.39 is 0 Å². The summed E-state index contributed by atoms with van der Waals surface area (Å²) in [5.74, 6) is 0. The van der Waals surface area contributed by atoms with Gasteiger partial charge in [-0.15, -0.1) is 11.3 Å². The maximum Gasteiger partial charge on any atom is 0.0555 e. The molecule has 15 rings (SSSR count). The van der Waals surface area contributed by atoms with E-state index in [4.69, 9.17) is 0 Å². The second kappa shape index (κ2) is 16.8. The molecule has 0 spiro atoms. The van der Waals surface area contributed by atoms with E-state index in [2.05, 4.69) is 291 Å². The average Bonchev–Trinajstić information content (AvgIpc) is 4.17. The van der Waals surface area contributed by atoms with Crippen molar-refractivity contribution in [3.05, 3.63) is 271 Å². The van der Waals surface area contributed by atoms with Crippen molar-refractivity contribution >= 4 is 87.4 Å². The molecule has 76 heavy (non-hydrogen) atoms. The van der Waals surface area contributed by atoms with E-state index in [-0.39, 0.29) is 10.8 Å². The lowest BCUT2D eigenvalue weighted by Crippen LogP contribution is -2.17. The van der Waals surface area contributed by atoms with E-state index in [1.54, 1.807) is 0 Å². The van der Waals surface area contributed by atoms with E-state index in [0.717, 1.165) is 50.9 Å². The molecule has 0 saturated carbocycles. The standard InChI is InChI=1S/C72H53N3S/c1-71(2)62-29-17-14-26-55(62)57-36-33-51(44-64(57)71)73(48-20-8-5-9-21-48)53-40-47(41-54(43-53)74(49-22-10-6-11-23-49)52-34-37-58-56-27-15-18-30-63(56)72(3,4)65(58)45-52)46-32-35-61-67(42-46)75(50-24-12-7-13-25-50)66-39-38-60-59-28-16-19-31-68(59)76-70(60)69(61)66/h5-45H,1-4H3. The van der Waals surface area contributed by atoms with Gasteiger partial charge in [-0.3, -0.25) is 0 Å². The van der Waals surface area contributed by atoms with Crippen molar-refractivity contribution in [2.24, 2.45) is 0 Å². The summed E-state index contributed by atoms with van der Waals surface area (Å²) < 4.78 is 5.11. The van der Waals surface area contributed by atoms with Gasteiger partial charge < -0.3 is 14.4 Å². The van der Waals surface area contributed by atoms with Crippen molar-refractivity contribution in [1.82, 2.24) is 4.57 Å². The molecule has 0 aliphatic heterocycles. The molecule has 11 aromatic carbocycles. The summed E-state index contributed by atoms with van der Waals surface area (Å²) in [5.41, 5.74) is 22.7. The van der Waals surface area contributed by atoms with Gasteiger partial charge in [-0.25, -0.2) is 0 Å². The van der Waals surface area contributed by atoms with Crippen LogP contribution in [0.25, 0.3) is 81.0 Å². The molecule has 362 valence electrons. The number of aromatic nitrogens is 1. The first-order valence-corrected chi connectivity index (χ1v) is 27.3. The van der Waals surface area contributed by atoms with Crippen LogP contribution in [-0.4, -0.2) is 4.57 Å². The third-order valence-corrected chi connectivity index (χ3v) is 17.9. The fourth-order valence-corrected chi connectivity index (χ4v) is 14.3. The Morgan fingerprint density at radius 3 is 1.42 bits per heavy atom. The molecule has 13 aromatic rings. The molecular weight excluding hydrogens is 939 g/mol. The van der Waals surface area contributed by atoms with Gasteiger partial charge in [0.2, 0.25) is 0 Å². The van der Waals surface area contributed by atoms with Crippen LogP contribution in [0.2, 0.25) is 0 Å². The van der Waals surface area contributed by atoms with Crippen LogP contribution in [0.3, 0.4) is 0 Å². The highest BCUT2D eigenvalue weighted by Gasteiger charge is 2.37. The fraction of sp³-hybridized carbons (Fsp3) is 0.0833.